The van der Waals surface area contributed by atoms with E-state index in [1.165, 1.54) is 19.1 Å². The zero-order chi connectivity index (χ0) is 49.2. The number of aliphatic hydroxyl groups excluding tert-OH is 1. The molecule has 2 aromatic carbocycles. The summed E-state index contributed by atoms with van der Waals surface area (Å²) in [5, 5.41) is 21.4. The first kappa shape index (κ1) is 51.5. The van der Waals surface area contributed by atoms with E-state index in [-0.39, 0.29) is 30.4 Å². The number of benzene rings is 2. The molecule has 366 valence electrons. The number of nitrogens with zero attached hydrogens (tertiary/aromatic N) is 6. The Kier molecular flexibility index (Phi) is 17.4. The number of likely N-dealkylation sites (tertiary alicyclic amines) is 1. The summed E-state index contributed by atoms with van der Waals surface area (Å²) in [6.07, 6.45) is 5.88. The number of ether oxygens (including phenoxy) is 1. The lowest BCUT2D eigenvalue weighted by molar-refractivity contribution is -0.133. The minimum atomic E-state index is -4.16. The van der Waals surface area contributed by atoms with Crippen LogP contribution in [0.5, 0.6) is 0 Å². The molecule has 1 aliphatic heterocycles. The second kappa shape index (κ2) is 22.9. The number of imidazole rings is 1. The van der Waals surface area contributed by atoms with E-state index in [0.717, 1.165) is 36.6 Å². The van der Waals surface area contributed by atoms with E-state index in [9.17, 15) is 28.8 Å². The number of amides is 4. The largest absolute Gasteiger partial charge is 0.390 e. The third kappa shape index (κ3) is 14.8. The predicted octanol–water partition coefficient (Wildman–Crippen LogP) is 3.04. The molecule has 0 spiro atoms. The van der Waals surface area contributed by atoms with Gasteiger partial charge in [0, 0.05) is 24.0 Å². The fourth-order valence-electron chi connectivity index (χ4n) is 8.85. The molecule has 1 saturated carbocycles. The fourth-order valence-corrected chi connectivity index (χ4v) is 9.30. The number of carbonyl (C=O) groups excluding carboxylic acids is 4. The molecule has 0 bridgehead atoms. The Morgan fingerprint density at radius 1 is 0.926 bits per heavy atom. The van der Waals surface area contributed by atoms with Gasteiger partial charge in [0.1, 0.15) is 29.9 Å². The summed E-state index contributed by atoms with van der Waals surface area (Å²) in [5.41, 5.74) is 13.4. The van der Waals surface area contributed by atoms with E-state index in [1.54, 1.807) is 29.7 Å². The molecule has 1 aliphatic carbocycles. The molecule has 21 heteroatoms. The number of primary amides is 1. The number of hydrogen-bond acceptors (Lipinski definition) is 13. The Balaban J connectivity index is 0.000000333. The van der Waals surface area contributed by atoms with Crippen LogP contribution in [0.3, 0.4) is 0 Å². The van der Waals surface area contributed by atoms with Gasteiger partial charge in [-0.3, -0.25) is 28.6 Å². The molecule has 5 aromatic rings. The Bertz CT molecular complexity index is 2570. The van der Waals surface area contributed by atoms with Crippen LogP contribution in [0.15, 0.2) is 79.4 Å². The van der Waals surface area contributed by atoms with Crippen molar-refractivity contribution in [3.63, 3.8) is 0 Å². The van der Waals surface area contributed by atoms with Gasteiger partial charge in [-0.1, -0.05) is 73.9 Å². The minimum absolute atomic E-state index is 0.0566. The first-order valence-corrected chi connectivity index (χ1v) is 24.6. The van der Waals surface area contributed by atoms with Crippen molar-refractivity contribution in [2.45, 2.75) is 115 Å². The van der Waals surface area contributed by atoms with Crippen molar-refractivity contribution in [2.24, 2.45) is 17.6 Å². The zero-order valence-electron chi connectivity index (χ0n) is 38.9. The number of aromatic nitrogens is 5. The van der Waals surface area contributed by atoms with Crippen LogP contribution in [0.4, 0.5) is 5.82 Å². The van der Waals surface area contributed by atoms with Crippen molar-refractivity contribution in [1.29, 1.82) is 0 Å². The van der Waals surface area contributed by atoms with Crippen molar-refractivity contribution < 1.29 is 43.4 Å². The maximum absolute atomic E-state index is 13.8. The van der Waals surface area contributed by atoms with E-state index in [2.05, 4.69) is 40.8 Å². The molecule has 0 unspecified atom stereocenters. The summed E-state index contributed by atoms with van der Waals surface area (Å²) in [7, 11) is -4.16. The molecule has 3 aromatic heterocycles. The van der Waals surface area contributed by atoms with Gasteiger partial charge in [0.25, 0.3) is 5.91 Å². The number of β-amino-alcohol motifs (C(OH)–C–C–N with tert-alkyl or cyclic N) is 1. The van der Waals surface area contributed by atoms with Crippen molar-refractivity contribution >= 4 is 59.1 Å². The van der Waals surface area contributed by atoms with Gasteiger partial charge in [0.2, 0.25) is 17.7 Å². The highest BCUT2D eigenvalue weighted by molar-refractivity contribution is 7.51. The maximum atomic E-state index is 13.8. The predicted molar refractivity (Wildman–Crippen MR) is 255 cm³/mol. The van der Waals surface area contributed by atoms with Gasteiger partial charge in [-0.2, -0.15) is 0 Å². The van der Waals surface area contributed by atoms with E-state index in [4.69, 9.17) is 26.0 Å². The maximum Gasteiger partial charge on any atom is 0.350 e. The smallest absolute Gasteiger partial charge is 0.350 e. The van der Waals surface area contributed by atoms with E-state index in [0.29, 0.717) is 41.6 Å². The van der Waals surface area contributed by atoms with Gasteiger partial charge in [-0.25, -0.2) is 19.9 Å². The van der Waals surface area contributed by atoms with Crippen LogP contribution in [0.2, 0.25) is 0 Å². The molecule has 7 rings (SSSR count). The average molecular weight is 958 g/mol. The van der Waals surface area contributed by atoms with E-state index >= 15 is 0 Å². The number of piperidine rings is 1. The third-order valence-corrected chi connectivity index (χ3v) is 12.6. The van der Waals surface area contributed by atoms with E-state index < -0.39 is 74.0 Å². The number of para-hydroxylation sites is 1. The summed E-state index contributed by atoms with van der Waals surface area (Å²) >= 11 is 0. The van der Waals surface area contributed by atoms with Crippen molar-refractivity contribution in [3.8, 4) is 0 Å². The van der Waals surface area contributed by atoms with E-state index in [1.807, 2.05) is 69.3 Å². The van der Waals surface area contributed by atoms with Crippen LogP contribution in [-0.4, -0.2) is 123 Å². The number of rotatable bonds is 17. The Hall–Kier alpha value is -5.89. The molecular weight excluding hydrogens is 894 g/mol. The molecule has 4 amide bonds. The molecule has 2 aliphatic rings. The number of pyridine rings is 1. The summed E-state index contributed by atoms with van der Waals surface area (Å²) in [5.74, 6) is -0.911. The molecule has 10 N–H and O–H groups in total. The van der Waals surface area contributed by atoms with Gasteiger partial charge in [-0.15, -0.1) is 0 Å². The lowest BCUT2D eigenvalue weighted by Crippen LogP contribution is -2.61. The Morgan fingerprint density at radius 3 is 2.34 bits per heavy atom. The molecule has 7 atom stereocenters. The number of hydrogen-bond donors (Lipinski definition) is 8. The number of carbonyl (C=O) groups is 4. The summed E-state index contributed by atoms with van der Waals surface area (Å²) in [6.45, 7) is 8.78. The first-order valence-electron chi connectivity index (χ1n) is 22.8. The molecule has 0 radical (unpaired) electrons. The molecule has 20 nitrogen and oxygen atoms in total. The van der Waals surface area contributed by atoms with Crippen LogP contribution in [0, 0.1) is 11.8 Å². The molecular formula is C47H64N11O9P. The fraction of sp³-hybridized carbons (Fsp3) is 0.489. The second-order valence-corrected chi connectivity index (χ2v) is 20.4. The normalized spacial score (nSPS) is 19.4. The summed E-state index contributed by atoms with van der Waals surface area (Å²) < 4.78 is 17.5. The highest BCUT2D eigenvalue weighted by atomic mass is 31.2. The number of nitrogens with one attached hydrogen (secondary N) is 3. The topological polar surface area (TPSA) is 303 Å². The number of nitrogen functional groups attached to an aromatic ring is 1. The molecule has 2 fully saturated rings. The van der Waals surface area contributed by atoms with Crippen molar-refractivity contribution in [3.05, 3.63) is 90.6 Å². The van der Waals surface area contributed by atoms with Crippen LogP contribution in [-0.2, 0) is 36.7 Å². The van der Waals surface area contributed by atoms with Gasteiger partial charge in [0.05, 0.1) is 49.1 Å². The summed E-state index contributed by atoms with van der Waals surface area (Å²) in [6, 6.07) is 17.6. The van der Waals surface area contributed by atoms with Gasteiger partial charge < -0.3 is 51.6 Å². The number of anilines is 1. The monoisotopic (exact) mass is 957 g/mol. The van der Waals surface area contributed by atoms with Gasteiger partial charge in [-0.05, 0) is 76.5 Å². The van der Waals surface area contributed by atoms with Crippen molar-refractivity contribution in [2.75, 3.05) is 25.2 Å². The lowest BCUT2D eigenvalue weighted by atomic mass is 9.72. The molecule has 4 heterocycles. The lowest BCUT2D eigenvalue weighted by Gasteiger charge is -2.47. The number of nitrogens with two attached hydrogens (primary N) is 2. The standard InChI is InChI=1S/C38H50N6O5.C9H14N5O4P/c1-38(2,3)43-37(49)32-20-26-14-7-8-15-27(26)22-44(32)23-33(45)30(19-24-11-5-4-6-12-24)41-36(48)31(21-34(39)46)42-35(47)29-18-17-25-13-9-10-16-28(25)40-29;1-6(18-5-19(15,16)17)2-14-4-13-7-8(10)11-3-12-9(7)14/h4-6,9-13,16-18,26-27,30-33,45H,7-8,14-15,19-23H2,1-3H3,(H2,39,46)(H,41,48)(H,42,47)(H,43,49);3-4,6H,2,5H2,1H3,(H2,10,11,12)(H2,15,16,17)/t26-,27+,30-,31-,32-,33+;6-/m01/s1. The first-order chi connectivity index (χ1) is 32.2. The summed E-state index contributed by atoms with van der Waals surface area (Å²) in [4.78, 5) is 88.7. The zero-order valence-corrected chi connectivity index (χ0v) is 39.8. The second-order valence-electron chi connectivity index (χ2n) is 18.8. The highest BCUT2D eigenvalue weighted by Crippen LogP contribution is 2.39. The highest BCUT2D eigenvalue weighted by Gasteiger charge is 2.42. The van der Waals surface area contributed by atoms with Crippen LogP contribution in [0.1, 0.15) is 82.3 Å². The average Bonchev–Trinajstić information content (AvgIpc) is 3.70. The van der Waals surface area contributed by atoms with Crippen LogP contribution < -0.4 is 27.4 Å². The minimum Gasteiger partial charge on any atom is -0.390 e. The Labute approximate surface area is 395 Å². The van der Waals surface area contributed by atoms with Crippen LogP contribution >= 0.6 is 7.60 Å². The SMILES string of the molecule is CC(C)(C)NC(=O)[C@@H]1C[C@@H]2CCCC[C@@H]2CN1C[C@@H](O)[C@H](Cc1ccccc1)NC(=O)[C@H](CC(N)=O)NC(=O)c1ccc2ccccc2n1.C[C@H](Cn1cnc2c(N)ncnc21)OCP(=O)(O)O. The van der Waals surface area contributed by atoms with Gasteiger partial charge >= 0.3 is 7.60 Å². The third-order valence-electron chi connectivity index (χ3n) is 12.1. The van der Waals surface area contributed by atoms with Crippen molar-refractivity contribution in [1.82, 2.24) is 45.4 Å². The molecule has 68 heavy (non-hydrogen) atoms. The molecule has 1 saturated heterocycles. The van der Waals surface area contributed by atoms with Crippen LogP contribution in [0.25, 0.3) is 22.1 Å². The Morgan fingerprint density at radius 2 is 1.63 bits per heavy atom. The number of fused-ring (bicyclic) bond motifs is 3. The quantitative estimate of drug-likeness (QED) is 0.0622. The number of aliphatic hydroxyl groups is 1. The van der Waals surface area contributed by atoms with Gasteiger partial charge in [0.15, 0.2) is 11.5 Å².